The number of nitrogens with one attached hydrogen (secondary N) is 1. The first-order valence-electron chi connectivity index (χ1n) is 4.62. The number of halogens is 1. The van der Waals surface area contributed by atoms with Crippen molar-refractivity contribution >= 4 is 33.2 Å². The molecular formula is C10H9ClN2S. The molecule has 0 amide bonds. The SMILES string of the molecule is Clc1nc2ccc3c(c2s1)CNCC3. The fourth-order valence-corrected chi connectivity index (χ4v) is 3.10. The smallest absolute Gasteiger partial charge is 0.184 e. The zero-order chi connectivity index (χ0) is 9.54. The molecular weight excluding hydrogens is 216 g/mol. The first kappa shape index (κ1) is 8.65. The average molecular weight is 225 g/mol. The Kier molecular flexibility index (Phi) is 1.97. The summed E-state index contributed by atoms with van der Waals surface area (Å²) in [6.45, 7) is 2.02. The molecule has 3 rings (SSSR count). The van der Waals surface area contributed by atoms with Crippen molar-refractivity contribution in [3.8, 4) is 0 Å². The van der Waals surface area contributed by atoms with Crippen molar-refractivity contribution < 1.29 is 0 Å². The van der Waals surface area contributed by atoms with E-state index in [1.54, 1.807) is 11.3 Å². The van der Waals surface area contributed by atoms with Crippen molar-refractivity contribution in [3.05, 3.63) is 27.7 Å². The molecule has 1 aliphatic rings. The molecule has 0 radical (unpaired) electrons. The van der Waals surface area contributed by atoms with E-state index < -0.39 is 0 Å². The van der Waals surface area contributed by atoms with Crippen LogP contribution in [-0.4, -0.2) is 11.5 Å². The highest BCUT2D eigenvalue weighted by atomic mass is 35.5. The maximum absolute atomic E-state index is 5.91. The van der Waals surface area contributed by atoms with Gasteiger partial charge in [-0.3, -0.25) is 0 Å². The Morgan fingerprint density at radius 1 is 1.43 bits per heavy atom. The standard InChI is InChI=1S/C10H9ClN2S/c11-10-13-8-2-1-6-3-4-12-5-7(6)9(8)14-10/h1-2,12H,3-5H2. The monoisotopic (exact) mass is 224 g/mol. The molecule has 1 N–H and O–H groups in total. The van der Waals surface area contributed by atoms with Crippen molar-refractivity contribution in [2.24, 2.45) is 0 Å². The lowest BCUT2D eigenvalue weighted by Crippen LogP contribution is -2.23. The number of hydrogen-bond donors (Lipinski definition) is 1. The molecule has 72 valence electrons. The van der Waals surface area contributed by atoms with E-state index in [4.69, 9.17) is 11.6 Å². The van der Waals surface area contributed by atoms with Crippen molar-refractivity contribution in [2.75, 3.05) is 6.54 Å². The molecule has 2 aromatic rings. The number of rotatable bonds is 0. The Balaban J connectivity index is 2.33. The van der Waals surface area contributed by atoms with Gasteiger partial charge in [0.1, 0.15) is 0 Å². The van der Waals surface area contributed by atoms with Crippen LogP contribution in [0.2, 0.25) is 4.47 Å². The summed E-state index contributed by atoms with van der Waals surface area (Å²) in [7, 11) is 0. The molecule has 14 heavy (non-hydrogen) atoms. The molecule has 2 nitrogen and oxygen atoms in total. The van der Waals surface area contributed by atoms with Crippen LogP contribution in [-0.2, 0) is 13.0 Å². The van der Waals surface area contributed by atoms with E-state index in [-0.39, 0.29) is 0 Å². The highest BCUT2D eigenvalue weighted by Crippen LogP contribution is 2.31. The molecule has 1 aliphatic heterocycles. The third-order valence-corrected chi connectivity index (χ3v) is 3.84. The Morgan fingerprint density at radius 2 is 2.36 bits per heavy atom. The molecule has 0 atom stereocenters. The maximum atomic E-state index is 5.91. The lowest BCUT2D eigenvalue weighted by Gasteiger charge is -2.16. The predicted octanol–water partition coefficient (Wildman–Crippen LogP) is 2.60. The van der Waals surface area contributed by atoms with Gasteiger partial charge >= 0.3 is 0 Å². The second-order valence-electron chi connectivity index (χ2n) is 3.45. The quantitative estimate of drug-likeness (QED) is 0.744. The van der Waals surface area contributed by atoms with Gasteiger partial charge in [0.05, 0.1) is 10.2 Å². The topological polar surface area (TPSA) is 24.9 Å². The minimum Gasteiger partial charge on any atom is -0.312 e. The Bertz CT molecular complexity index is 492. The third-order valence-electron chi connectivity index (χ3n) is 2.60. The van der Waals surface area contributed by atoms with Crippen molar-refractivity contribution in [2.45, 2.75) is 13.0 Å². The van der Waals surface area contributed by atoms with Gasteiger partial charge in [-0.05, 0) is 30.2 Å². The number of nitrogens with zero attached hydrogens (tertiary/aromatic N) is 1. The zero-order valence-electron chi connectivity index (χ0n) is 7.51. The van der Waals surface area contributed by atoms with Gasteiger partial charge in [-0.1, -0.05) is 17.7 Å². The van der Waals surface area contributed by atoms with Gasteiger partial charge in [0.2, 0.25) is 0 Å². The van der Waals surface area contributed by atoms with E-state index in [9.17, 15) is 0 Å². The Labute approximate surface area is 90.9 Å². The van der Waals surface area contributed by atoms with Gasteiger partial charge in [0, 0.05) is 6.54 Å². The van der Waals surface area contributed by atoms with Gasteiger partial charge in [0.25, 0.3) is 0 Å². The van der Waals surface area contributed by atoms with Crippen LogP contribution >= 0.6 is 22.9 Å². The van der Waals surface area contributed by atoms with Gasteiger partial charge in [0.15, 0.2) is 4.47 Å². The fourth-order valence-electron chi connectivity index (χ4n) is 1.92. The van der Waals surface area contributed by atoms with Crippen LogP contribution in [0.25, 0.3) is 10.2 Å². The van der Waals surface area contributed by atoms with Crippen LogP contribution in [0, 0.1) is 0 Å². The van der Waals surface area contributed by atoms with E-state index in [0.717, 1.165) is 25.0 Å². The predicted molar refractivity (Wildman–Crippen MR) is 60.0 cm³/mol. The molecule has 0 saturated heterocycles. The largest absolute Gasteiger partial charge is 0.312 e. The zero-order valence-corrected chi connectivity index (χ0v) is 9.08. The summed E-state index contributed by atoms with van der Waals surface area (Å²) < 4.78 is 1.89. The van der Waals surface area contributed by atoms with E-state index in [2.05, 4.69) is 22.4 Å². The van der Waals surface area contributed by atoms with Crippen molar-refractivity contribution in [1.82, 2.24) is 10.3 Å². The number of benzene rings is 1. The number of hydrogen-bond acceptors (Lipinski definition) is 3. The summed E-state index contributed by atoms with van der Waals surface area (Å²) in [5, 5.41) is 3.38. The fraction of sp³-hybridized carbons (Fsp3) is 0.300. The number of aromatic nitrogens is 1. The summed E-state index contributed by atoms with van der Waals surface area (Å²) in [5.74, 6) is 0. The van der Waals surface area contributed by atoms with Crippen LogP contribution in [0.5, 0.6) is 0 Å². The summed E-state index contributed by atoms with van der Waals surface area (Å²) in [4.78, 5) is 4.28. The van der Waals surface area contributed by atoms with Crippen LogP contribution < -0.4 is 5.32 Å². The second kappa shape index (κ2) is 3.19. The Hall–Kier alpha value is -0.640. The summed E-state index contributed by atoms with van der Waals surface area (Å²) >= 11 is 7.49. The van der Waals surface area contributed by atoms with Crippen LogP contribution in [0.4, 0.5) is 0 Å². The lowest BCUT2D eigenvalue weighted by atomic mass is 10.0. The summed E-state index contributed by atoms with van der Waals surface area (Å²) in [6.07, 6.45) is 1.11. The molecule has 1 aromatic carbocycles. The summed E-state index contributed by atoms with van der Waals surface area (Å²) in [6, 6.07) is 4.25. The van der Waals surface area contributed by atoms with E-state index in [1.165, 1.54) is 15.8 Å². The second-order valence-corrected chi connectivity index (χ2v) is 5.03. The number of thiazole rings is 1. The first-order chi connectivity index (χ1) is 6.84. The minimum absolute atomic E-state index is 0.638. The van der Waals surface area contributed by atoms with E-state index in [0.29, 0.717) is 4.47 Å². The highest BCUT2D eigenvalue weighted by molar-refractivity contribution is 7.22. The molecule has 0 bridgehead atoms. The lowest BCUT2D eigenvalue weighted by molar-refractivity contribution is 0.648. The number of fused-ring (bicyclic) bond motifs is 3. The highest BCUT2D eigenvalue weighted by Gasteiger charge is 2.14. The minimum atomic E-state index is 0.638. The maximum Gasteiger partial charge on any atom is 0.184 e. The van der Waals surface area contributed by atoms with Crippen LogP contribution in [0.15, 0.2) is 12.1 Å². The van der Waals surface area contributed by atoms with Gasteiger partial charge in [-0.15, -0.1) is 11.3 Å². The van der Waals surface area contributed by atoms with Gasteiger partial charge in [-0.25, -0.2) is 4.98 Å². The van der Waals surface area contributed by atoms with Crippen LogP contribution in [0.1, 0.15) is 11.1 Å². The van der Waals surface area contributed by atoms with Crippen molar-refractivity contribution in [3.63, 3.8) is 0 Å². The molecule has 0 spiro atoms. The first-order valence-corrected chi connectivity index (χ1v) is 5.81. The molecule has 0 fully saturated rings. The molecule has 0 saturated carbocycles. The molecule has 4 heteroatoms. The van der Waals surface area contributed by atoms with Gasteiger partial charge in [-0.2, -0.15) is 0 Å². The van der Waals surface area contributed by atoms with Crippen LogP contribution in [0.3, 0.4) is 0 Å². The molecule has 0 unspecified atom stereocenters. The van der Waals surface area contributed by atoms with E-state index >= 15 is 0 Å². The molecule has 0 aliphatic carbocycles. The molecule has 1 aromatic heterocycles. The van der Waals surface area contributed by atoms with Gasteiger partial charge < -0.3 is 5.32 Å². The third kappa shape index (κ3) is 1.24. The Morgan fingerprint density at radius 3 is 3.29 bits per heavy atom. The summed E-state index contributed by atoms with van der Waals surface area (Å²) in [5.41, 5.74) is 3.86. The van der Waals surface area contributed by atoms with E-state index in [1.807, 2.05) is 0 Å². The molecule has 2 heterocycles. The average Bonchev–Trinajstić information content (AvgIpc) is 2.59. The normalized spacial score (nSPS) is 15.8. The van der Waals surface area contributed by atoms with Crippen molar-refractivity contribution in [1.29, 1.82) is 0 Å².